The summed E-state index contributed by atoms with van der Waals surface area (Å²) in [5.74, 6) is 0.805. The van der Waals surface area contributed by atoms with Gasteiger partial charge in [0, 0.05) is 17.1 Å². The zero-order chi connectivity index (χ0) is 10.5. The lowest BCUT2D eigenvalue weighted by molar-refractivity contribution is 1.15. The summed E-state index contributed by atoms with van der Waals surface area (Å²) in [7, 11) is 0. The van der Waals surface area contributed by atoms with Crippen LogP contribution in [0.3, 0.4) is 0 Å². The number of rotatable bonds is 1. The molecular weight excluding hydrogens is 194 g/mol. The molecule has 3 aromatic rings. The number of benzene rings is 2. The third kappa shape index (κ3) is 1.06. The molecule has 1 aliphatic carbocycles. The molecule has 0 unspecified atom stereocenters. The van der Waals surface area contributed by atoms with Gasteiger partial charge in [0.2, 0.25) is 0 Å². The van der Waals surface area contributed by atoms with E-state index in [0.29, 0.717) is 0 Å². The van der Waals surface area contributed by atoms with Gasteiger partial charge >= 0.3 is 0 Å². The van der Waals surface area contributed by atoms with E-state index in [4.69, 9.17) is 0 Å². The summed E-state index contributed by atoms with van der Waals surface area (Å²) in [5.41, 5.74) is 2.80. The normalized spacial score (nSPS) is 16.0. The van der Waals surface area contributed by atoms with Gasteiger partial charge in [0.1, 0.15) is 0 Å². The molecule has 0 aliphatic heterocycles. The lowest BCUT2D eigenvalue weighted by Crippen LogP contribution is -1.78. The third-order valence-electron chi connectivity index (χ3n) is 3.62. The highest BCUT2D eigenvalue weighted by molar-refractivity contribution is 6.08. The van der Waals surface area contributed by atoms with Crippen LogP contribution in [0.15, 0.2) is 42.6 Å². The Morgan fingerprint density at radius 3 is 2.75 bits per heavy atom. The standard InChI is InChI=1S/C15H13N/c1-2-4-12-10(3-1)7-8-14-15(12)13(9-16-14)11-5-6-11/h1-4,7-9,11,16H,5-6H2. The van der Waals surface area contributed by atoms with E-state index in [1.807, 2.05) is 0 Å². The van der Waals surface area contributed by atoms with Crippen molar-refractivity contribution >= 4 is 21.7 Å². The van der Waals surface area contributed by atoms with Gasteiger partial charge in [-0.15, -0.1) is 0 Å². The number of hydrogen-bond acceptors (Lipinski definition) is 0. The number of nitrogens with one attached hydrogen (secondary N) is 1. The minimum absolute atomic E-state index is 0.805. The quantitative estimate of drug-likeness (QED) is 0.615. The maximum Gasteiger partial charge on any atom is 0.0463 e. The fourth-order valence-corrected chi connectivity index (χ4v) is 2.65. The molecular formula is C15H13N. The Balaban J connectivity index is 2.20. The van der Waals surface area contributed by atoms with Crippen molar-refractivity contribution in [2.75, 3.05) is 0 Å². The van der Waals surface area contributed by atoms with Gasteiger partial charge < -0.3 is 4.98 Å². The first-order chi connectivity index (χ1) is 7.93. The van der Waals surface area contributed by atoms with Crippen LogP contribution in [0.1, 0.15) is 24.3 Å². The van der Waals surface area contributed by atoms with Crippen molar-refractivity contribution in [2.45, 2.75) is 18.8 Å². The van der Waals surface area contributed by atoms with Crippen LogP contribution in [0, 0.1) is 0 Å². The maximum absolute atomic E-state index is 3.40. The molecule has 1 heterocycles. The minimum Gasteiger partial charge on any atom is -0.361 e. The van der Waals surface area contributed by atoms with E-state index in [-0.39, 0.29) is 0 Å². The number of aromatic amines is 1. The minimum atomic E-state index is 0.805. The molecule has 0 saturated heterocycles. The zero-order valence-corrected chi connectivity index (χ0v) is 9.03. The average Bonchev–Trinajstić information content (AvgIpc) is 3.08. The highest BCUT2D eigenvalue weighted by Crippen LogP contribution is 2.44. The average molecular weight is 207 g/mol. The summed E-state index contributed by atoms with van der Waals surface area (Å²) in [6.45, 7) is 0. The van der Waals surface area contributed by atoms with Crippen molar-refractivity contribution in [2.24, 2.45) is 0 Å². The van der Waals surface area contributed by atoms with Crippen LogP contribution in [0.25, 0.3) is 21.7 Å². The molecule has 0 amide bonds. The van der Waals surface area contributed by atoms with Crippen LogP contribution >= 0.6 is 0 Å². The SMILES string of the molecule is c1ccc2c(c1)ccc1[nH]cc(C3CC3)c12. The Hall–Kier alpha value is -1.76. The Bertz CT molecular complexity index is 674. The van der Waals surface area contributed by atoms with Gasteiger partial charge in [-0.05, 0) is 41.2 Å². The van der Waals surface area contributed by atoms with E-state index in [9.17, 15) is 0 Å². The molecule has 1 fully saturated rings. The van der Waals surface area contributed by atoms with Crippen LogP contribution in [-0.4, -0.2) is 4.98 Å². The van der Waals surface area contributed by atoms with Crippen molar-refractivity contribution in [3.8, 4) is 0 Å². The van der Waals surface area contributed by atoms with E-state index in [1.165, 1.54) is 40.1 Å². The summed E-state index contributed by atoms with van der Waals surface area (Å²) < 4.78 is 0. The fraction of sp³-hybridized carbons (Fsp3) is 0.200. The summed E-state index contributed by atoms with van der Waals surface area (Å²) >= 11 is 0. The van der Waals surface area contributed by atoms with Crippen molar-refractivity contribution in [1.82, 2.24) is 4.98 Å². The van der Waals surface area contributed by atoms with Gasteiger partial charge in [-0.3, -0.25) is 0 Å². The van der Waals surface area contributed by atoms with Crippen LogP contribution in [0.5, 0.6) is 0 Å². The van der Waals surface area contributed by atoms with Crippen LogP contribution in [-0.2, 0) is 0 Å². The highest BCUT2D eigenvalue weighted by atomic mass is 14.7. The van der Waals surface area contributed by atoms with Crippen LogP contribution < -0.4 is 0 Å². The predicted octanol–water partition coefficient (Wildman–Crippen LogP) is 4.20. The van der Waals surface area contributed by atoms with E-state index in [2.05, 4.69) is 47.6 Å². The van der Waals surface area contributed by atoms with Crippen molar-refractivity contribution < 1.29 is 0 Å². The fourth-order valence-electron chi connectivity index (χ4n) is 2.65. The summed E-state index contributed by atoms with van der Waals surface area (Å²) in [5, 5.41) is 4.18. The Morgan fingerprint density at radius 2 is 1.88 bits per heavy atom. The molecule has 1 aromatic heterocycles. The summed E-state index contributed by atoms with van der Waals surface area (Å²) in [6.07, 6.45) is 4.92. The van der Waals surface area contributed by atoms with E-state index >= 15 is 0 Å². The Morgan fingerprint density at radius 1 is 1.00 bits per heavy atom. The molecule has 2 aromatic carbocycles. The third-order valence-corrected chi connectivity index (χ3v) is 3.62. The van der Waals surface area contributed by atoms with Crippen LogP contribution in [0.2, 0.25) is 0 Å². The molecule has 78 valence electrons. The molecule has 0 radical (unpaired) electrons. The summed E-state index contributed by atoms with van der Waals surface area (Å²) in [6, 6.07) is 13.1. The molecule has 0 spiro atoms. The largest absolute Gasteiger partial charge is 0.361 e. The number of fused-ring (bicyclic) bond motifs is 3. The molecule has 1 N–H and O–H groups in total. The van der Waals surface area contributed by atoms with Crippen molar-refractivity contribution in [1.29, 1.82) is 0 Å². The molecule has 0 atom stereocenters. The van der Waals surface area contributed by atoms with Crippen molar-refractivity contribution in [3.63, 3.8) is 0 Å². The predicted molar refractivity (Wildman–Crippen MR) is 67.8 cm³/mol. The second kappa shape index (κ2) is 2.88. The highest BCUT2D eigenvalue weighted by Gasteiger charge is 2.26. The van der Waals surface area contributed by atoms with Gasteiger partial charge in [0.25, 0.3) is 0 Å². The smallest absolute Gasteiger partial charge is 0.0463 e. The van der Waals surface area contributed by atoms with Gasteiger partial charge in [-0.25, -0.2) is 0 Å². The molecule has 0 bridgehead atoms. The first-order valence-corrected chi connectivity index (χ1v) is 5.92. The number of hydrogen-bond donors (Lipinski definition) is 1. The summed E-state index contributed by atoms with van der Waals surface area (Å²) in [4.78, 5) is 3.40. The van der Waals surface area contributed by atoms with E-state index in [1.54, 1.807) is 0 Å². The second-order valence-corrected chi connectivity index (χ2v) is 4.73. The molecule has 1 nitrogen and oxygen atoms in total. The second-order valence-electron chi connectivity index (χ2n) is 4.73. The van der Waals surface area contributed by atoms with E-state index in [0.717, 1.165) is 5.92 Å². The monoisotopic (exact) mass is 207 g/mol. The molecule has 4 rings (SSSR count). The van der Waals surface area contributed by atoms with Gasteiger partial charge in [0.15, 0.2) is 0 Å². The molecule has 1 saturated carbocycles. The molecule has 1 aliphatic rings. The topological polar surface area (TPSA) is 15.8 Å². The van der Waals surface area contributed by atoms with Crippen LogP contribution in [0.4, 0.5) is 0 Å². The van der Waals surface area contributed by atoms with Gasteiger partial charge in [0.05, 0.1) is 0 Å². The van der Waals surface area contributed by atoms with Crippen molar-refractivity contribution in [3.05, 3.63) is 48.2 Å². The Kier molecular flexibility index (Phi) is 1.51. The number of H-pyrrole nitrogens is 1. The van der Waals surface area contributed by atoms with Gasteiger partial charge in [-0.1, -0.05) is 30.3 Å². The van der Waals surface area contributed by atoms with E-state index < -0.39 is 0 Å². The Labute approximate surface area is 94.1 Å². The first-order valence-electron chi connectivity index (χ1n) is 5.92. The lowest BCUT2D eigenvalue weighted by Gasteiger charge is -2.01. The van der Waals surface area contributed by atoms with Gasteiger partial charge in [-0.2, -0.15) is 0 Å². The maximum atomic E-state index is 3.40. The first kappa shape index (κ1) is 8.40. The molecule has 1 heteroatoms. The lowest BCUT2D eigenvalue weighted by atomic mass is 10.0. The number of aromatic nitrogens is 1. The molecule has 16 heavy (non-hydrogen) atoms. The zero-order valence-electron chi connectivity index (χ0n) is 9.03.